The van der Waals surface area contributed by atoms with E-state index >= 15 is 0 Å². The molecule has 2 nitrogen and oxygen atoms in total. The fraction of sp³-hybridized carbons (Fsp3) is 0.538. The topological polar surface area (TPSA) is 35.2 Å². The van der Waals surface area contributed by atoms with Gasteiger partial charge in [0.05, 0.1) is 7.11 Å². The Balaban J connectivity index is 2.93. The third kappa shape index (κ3) is 3.24. The monoisotopic (exact) mass is 207 g/mol. The summed E-state index contributed by atoms with van der Waals surface area (Å²) in [5, 5.41) is 0. The summed E-state index contributed by atoms with van der Waals surface area (Å²) in [6.07, 6.45) is 0.972. The SMILES string of the molecule is COc1cccc(C(C)(N)CC(C)C)c1. The molecule has 0 aromatic heterocycles. The average Bonchev–Trinajstić information content (AvgIpc) is 2.16. The minimum atomic E-state index is -0.275. The lowest BCUT2D eigenvalue weighted by atomic mass is 9.85. The van der Waals surface area contributed by atoms with Gasteiger partial charge in [0, 0.05) is 5.54 Å². The van der Waals surface area contributed by atoms with Crippen LogP contribution in [0.25, 0.3) is 0 Å². The molecule has 1 rings (SSSR count). The Morgan fingerprint density at radius 3 is 2.60 bits per heavy atom. The van der Waals surface area contributed by atoms with E-state index in [9.17, 15) is 0 Å². The Morgan fingerprint density at radius 1 is 1.40 bits per heavy atom. The van der Waals surface area contributed by atoms with Gasteiger partial charge in [0.1, 0.15) is 5.75 Å². The maximum atomic E-state index is 6.31. The molecule has 0 aliphatic heterocycles. The van der Waals surface area contributed by atoms with Crippen LogP contribution in [0.15, 0.2) is 24.3 Å². The first-order valence-corrected chi connectivity index (χ1v) is 5.39. The second kappa shape index (κ2) is 4.67. The Bertz CT molecular complexity index is 318. The molecule has 0 fully saturated rings. The summed E-state index contributed by atoms with van der Waals surface area (Å²) in [4.78, 5) is 0. The minimum Gasteiger partial charge on any atom is -0.497 e. The molecule has 0 radical (unpaired) electrons. The van der Waals surface area contributed by atoms with Crippen LogP contribution in [0.3, 0.4) is 0 Å². The minimum absolute atomic E-state index is 0.275. The zero-order valence-corrected chi connectivity index (χ0v) is 10.1. The lowest BCUT2D eigenvalue weighted by Gasteiger charge is -2.27. The highest BCUT2D eigenvalue weighted by Crippen LogP contribution is 2.27. The molecule has 0 saturated heterocycles. The summed E-state index contributed by atoms with van der Waals surface area (Å²) in [6.45, 7) is 6.44. The van der Waals surface area contributed by atoms with Crippen molar-refractivity contribution in [3.63, 3.8) is 0 Å². The maximum absolute atomic E-state index is 6.31. The van der Waals surface area contributed by atoms with Gasteiger partial charge in [-0.05, 0) is 37.0 Å². The summed E-state index contributed by atoms with van der Waals surface area (Å²) in [5.41, 5.74) is 7.17. The van der Waals surface area contributed by atoms with Crippen LogP contribution in [0.1, 0.15) is 32.8 Å². The molecule has 2 N–H and O–H groups in total. The third-order valence-corrected chi connectivity index (χ3v) is 2.56. The van der Waals surface area contributed by atoms with Crippen molar-refractivity contribution in [3.05, 3.63) is 29.8 Å². The van der Waals surface area contributed by atoms with Crippen LogP contribution in [0.4, 0.5) is 0 Å². The van der Waals surface area contributed by atoms with Crippen molar-refractivity contribution in [1.29, 1.82) is 0 Å². The molecular formula is C13H21NO. The van der Waals surface area contributed by atoms with E-state index in [2.05, 4.69) is 26.8 Å². The van der Waals surface area contributed by atoms with Crippen LogP contribution in [-0.4, -0.2) is 7.11 Å². The molecule has 1 aromatic carbocycles. The van der Waals surface area contributed by atoms with Crippen molar-refractivity contribution in [2.24, 2.45) is 11.7 Å². The first-order valence-electron chi connectivity index (χ1n) is 5.39. The maximum Gasteiger partial charge on any atom is 0.119 e. The fourth-order valence-electron chi connectivity index (χ4n) is 1.94. The Morgan fingerprint density at radius 2 is 2.07 bits per heavy atom. The van der Waals surface area contributed by atoms with E-state index in [1.807, 2.05) is 18.2 Å². The standard InChI is InChI=1S/C13H21NO/c1-10(2)9-13(3,14)11-6-5-7-12(8-11)15-4/h5-8,10H,9,14H2,1-4H3. The number of hydrogen-bond donors (Lipinski definition) is 1. The van der Waals surface area contributed by atoms with Crippen LogP contribution < -0.4 is 10.5 Å². The summed E-state index contributed by atoms with van der Waals surface area (Å²) in [7, 11) is 1.68. The van der Waals surface area contributed by atoms with Gasteiger partial charge in [-0.25, -0.2) is 0 Å². The number of hydrogen-bond acceptors (Lipinski definition) is 2. The summed E-state index contributed by atoms with van der Waals surface area (Å²) < 4.78 is 5.20. The average molecular weight is 207 g/mol. The fourth-order valence-corrected chi connectivity index (χ4v) is 1.94. The van der Waals surface area contributed by atoms with Gasteiger partial charge < -0.3 is 10.5 Å². The van der Waals surface area contributed by atoms with Crippen LogP contribution in [0.2, 0.25) is 0 Å². The Kier molecular flexibility index (Phi) is 3.75. The predicted molar refractivity (Wildman–Crippen MR) is 64.0 cm³/mol. The summed E-state index contributed by atoms with van der Waals surface area (Å²) in [5.74, 6) is 1.46. The third-order valence-electron chi connectivity index (χ3n) is 2.56. The Labute approximate surface area is 92.4 Å². The highest BCUT2D eigenvalue weighted by atomic mass is 16.5. The van der Waals surface area contributed by atoms with Crippen molar-refractivity contribution in [1.82, 2.24) is 0 Å². The molecule has 0 bridgehead atoms. The van der Waals surface area contributed by atoms with Crippen molar-refractivity contribution < 1.29 is 4.74 Å². The van der Waals surface area contributed by atoms with E-state index in [0.717, 1.165) is 17.7 Å². The first-order chi connectivity index (χ1) is 6.95. The smallest absolute Gasteiger partial charge is 0.119 e. The van der Waals surface area contributed by atoms with Crippen molar-refractivity contribution in [3.8, 4) is 5.75 Å². The molecule has 1 atom stereocenters. The van der Waals surface area contributed by atoms with E-state index in [1.54, 1.807) is 7.11 Å². The molecule has 1 aromatic rings. The molecule has 0 heterocycles. The number of rotatable bonds is 4. The number of ether oxygens (including phenoxy) is 1. The van der Waals surface area contributed by atoms with E-state index in [1.165, 1.54) is 0 Å². The molecular weight excluding hydrogens is 186 g/mol. The Hall–Kier alpha value is -1.02. The van der Waals surface area contributed by atoms with Gasteiger partial charge in [-0.15, -0.1) is 0 Å². The zero-order chi connectivity index (χ0) is 11.5. The van der Waals surface area contributed by atoms with Gasteiger partial charge in [-0.1, -0.05) is 26.0 Å². The number of benzene rings is 1. The zero-order valence-electron chi connectivity index (χ0n) is 10.1. The highest BCUT2D eigenvalue weighted by molar-refractivity contribution is 5.32. The molecule has 0 aliphatic carbocycles. The second-order valence-corrected chi connectivity index (χ2v) is 4.75. The van der Waals surface area contributed by atoms with Gasteiger partial charge in [-0.2, -0.15) is 0 Å². The van der Waals surface area contributed by atoms with Crippen LogP contribution >= 0.6 is 0 Å². The number of methoxy groups -OCH3 is 1. The largest absolute Gasteiger partial charge is 0.497 e. The van der Waals surface area contributed by atoms with E-state index in [0.29, 0.717) is 5.92 Å². The molecule has 0 amide bonds. The molecule has 0 saturated carbocycles. The number of nitrogens with two attached hydrogens (primary N) is 1. The summed E-state index contributed by atoms with van der Waals surface area (Å²) in [6, 6.07) is 8.00. The van der Waals surface area contributed by atoms with Crippen LogP contribution in [0.5, 0.6) is 5.75 Å². The molecule has 0 spiro atoms. The van der Waals surface area contributed by atoms with E-state index in [4.69, 9.17) is 10.5 Å². The van der Waals surface area contributed by atoms with Gasteiger partial charge in [0.15, 0.2) is 0 Å². The van der Waals surface area contributed by atoms with Gasteiger partial charge in [0.25, 0.3) is 0 Å². The van der Waals surface area contributed by atoms with E-state index < -0.39 is 0 Å². The molecule has 15 heavy (non-hydrogen) atoms. The molecule has 2 heteroatoms. The highest BCUT2D eigenvalue weighted by Gasteiger charge is 2.22. The first kappa shape index (κ1) is 12.1. The van der Waals surface area contributed by atoms with Crippen molar-refractivity contribution >= 4 is 0 Å². The van der Waals surface area contributed by atoms with Crippen LogP contribution in [0, 0.1) is 5.92 Å². The van der Waals surface area contributed by atoms with Gasteiger partial charge in [0.2, 0.25) is 0 Å². The molecule has 1 unspecified atom stereocenters. The lowest BCUT2D eigenvalue weighted by molar-refractivity contribution is 0.375. The van der Waals surface area contributed by atoms with E-state index in [-0.39, 0.29) is 5.54 Å². The lowest BCUT2D eigenvalue weighted by Crippen LogP contribution is -2.34. The van der Waals surface area contributed by atoms with Gasteiger partial charge in [-0.3, -0.25) is 0 Å². The summed E-state index contributed by atoms with van der Waals surface area (Å²) >= 11 is 0. The quantitative estimate of drug-likeness (QED) is 0.824. The second-order valence-electron chi connectivity index (χ2n) is 4.75. The van der Waals surface area contributed by atoms with Crippen molar-refractivity contribution in [2.75, 3.05) is 7.11 Å². The van der Waals surface area contributed by atoms with Gasteiger partial charge >= 0.3 is 0 Å². The normalized spacial score (nSPS) is 15.1. The van der Waals surface area contributed by atoms with Crippen LogP contribution in [-0.2, 0) is 5.54 Å². The predicted octanol–water partition coefficient (Wildman–Crippen LogP) is 2.92. The molecule has 84 valence electrons. The van der Waals surface area contributed by atoms with Crippen molar-refractivity contribution in [2.45, 2.75) is 32.7 Å². The molecule has 0 aliphatic rings.